The lowest BCUT2D eigenvalue weighted by Crippen LogP contribution is -2.45. The van der Waals surface area contributed by atoms with Crippen LogP contribution in [0.25, 0.3) is 0 Å². The molecule has 4 fully saturated rings. The Hall–Kier alpha value is -3.91. The van der Waals surface area contributed by atoms with Gasteiger partial charge in [-0.3, -0.25) is 28.8 Å². The summed E-state index contributed by atoms with van der Waals surface area (Å²) in [7, 11) is 0. The molecule has 0 radical (unpaired) electrons. The SMILES string of the molecule is CCC1O[C@H](OCCOCCOCCNC(=O)CCOCC(COCCC(=O)NCCOCCOCCO[C@H]2OC(CC)[C@@H](C)[C@H](C)C2C)(COCCC(=O)NCCOCCOCCO[C@H]2OC(CC)[C@@H](C)[C@H](C)C2C)CC(=O)CCCCCCCCCCC(=O)N2C[C@H](OC(=O)CCC(C)=O)C[C@H]2CC)C(C)[C@@H](C)[C@@H]1C. The Balaban J connectivity index is 1.26. The summed E-state index contributed by atoms with van der Waals surface area (Å²) in [4.78, 5) is 92.3. The molecule has 4 amide bonds. The van der Waals surface area contributed by atoms with Crippen molar-refractivity contribution >= 4 is 41.2 Å². The molecule has 0 aliphatic carbocycles. The molecule has 0 bridgehead atoms. The third kappa shape index (κ3) is 40.5. The van der Waals surface area contributed by atoms with Crippen LogP contribution < -0.4 is 16.0 Å². The Kier molecular flexibility index (Phi) is 53.5. The second kappa shape index (κ2) is 59.7. The Morgan fingerprint density at radius 1 is 0.366 bits per heavy atom. The number of hydrogen-bond acceptors (Lipinski definition) is 23. The summed E-state index contributed by atoms with van der Waals surface area (Å²) < 4.78 is 95.8. The standard InChI is InChI=1S/C85H154N4O23/c1-15-71-55-73(109-81(96)30-29-61(5)90)57-89(71)80(95)28-26-24-22-20-19-21-23-25-27-72(91)56-85(58-103-37-31-77(92)86-34-40-97-43-46-100-49-52-106-82-68(12)62(6)65(9)74(16-2)110-82,59-104-38-32-78(93)87-35-41-98-44-47-101-50-53-107-83-69(13)63(7)66(10)75(17-3)111-83)60-105-39-33-79(94)88-36-42-99-45-48-102-51-54-108-84-70(14)64(8)67(11)76(18-4)112-84/h62-71,73-76,82-84H,15-60H2,1-14H3,(H,86,92)(H,87,93)(H,88,94)/t62-,63-,64-,65-,66-,67-,68?,69?,70?,71+,73+,74?,75?,76?,82-,83-,84-,85?/m0/s1. The number of nitrogens with zero attached hydrogens (tertiary/aromatic N) is 1. The van der Waals surface area contributed by atoms with Gasteiger partial charge in [-0.1, -0.05) is 129 Å². The second-order valence-corrected chi connectivity index (χ2v) is 32.0. The van der Waals surface area contributed by atoms with Gasteiger partial charge in [0.25, 0.3) is 0 Å². The van der Waals surface area contributed by atoms with Gasteiger partial charge in [-0.15, -0.1) is 0 Å². The first-order chi connectivity index (χ1) is 54.0. The van der Waals surface area contributed by atoms with Crippen LogP contribution in [0.4, 0.5) is 0 Å². The molecule has 4 rings (SSSR count). The summed E-state index contributed by atoms with van der Waals surface area (Å²) in [5, 5.41) is 8.66. The maximum Gasteiger partial charge on any atom is 0.306 e. The number of nitrogens with one attached hydrogen (secondary N) is 3. The highest BCUT2D eigenvalue weighted by Crippen LogP contribution is 2.39. The fourth-order valence-electron chi connectivity index (χ4n) is 15.2. The molecule has 27 nitrogen and oxygen atoms in total. The first kappa shape index (κ1) is 100. The minimum absolute atomic E-state index is 0.00871. The van der Waals surface area contributed by atoms with E-state index >= 15 is 0 Å². The second-order valence-electron chi connectivity index (χ2n) is 32.0. The van der Waals surface area contributed by atoms with Gasteiger partial charge >= 0.3 is 5.97 Å². The van der Waals surface area contributed by atoms with Gasteiger partial charge in [0.15, 0.2) is 18.9 Å². The normalized spacial score (nSPS) is 26.6. The van der Waals surface area contributed by atoms with Gasteiger partial charge in [0.2, 0.25) is 23.6 Å². The molecule has 27 heteroatoms. The lowest BCUT2D eigenvalue weighted by atomic mass is 9.78. The molecule has 4 aliphatic heterocycles. The fraction of sp³-hybridized carbons (Fsp3) is 0.918. The molecule has 0 spiro atoms. The molecular formula is C85H154N4O23. The van der Waals surface area contributed by atoms with E-state index in [4.69, 9.17) is 75.8 Å². The topological polar surface area (TPSA) is 306 Å². The van der Waals surface area contributed by atoms with Crippen molar-refractivity contribution in [3.63, 3.8) is 0 Å². The van der Waals surface area contributed by atoms with Crippen molar-refractivity contribution in [1.29, 1.82) is 0 Å². The molecular weight excluding hydrogens is 1440 g/mol. The van der Waals surface area contributed by atoms with Crippen LogP contribution >= 0.6 is 0 Å². The smallest absolute Gasteiger partial charge is 0.306 e. The van der Waals surface area contributed by atoms with Crippen molar-refractivity contribution in [2.45, 2.75) is 281 Å². The van der Waals surface area contributed by atoms with Gasteiger partial charge in [-0.25, -0.2) is 0 Å². The van der Waals surface area contributed by atoms with Crippen LogP contribution in [0.15, 0.2) is 0 Å². The third-order valence-electron chi connectivity index (χ3n) is 23.5. The van der Waals surface area contributed by atoms with E-state index in [9.17, 15) is 33.6 Å². The summed E-state index contributed by atoms with van der Waals surface area (Å²) >= 11 is 0. The average Bonchev–Trinajstić information content (AvgIpc) is 1.30. The number of ketones is 2. The number of amides is 4. The molecule has 652 valence electrons. The predicted molar refractivity (Wildman–Crippen MR) is 426 cm³/mol. The lowest BCUT2D eigenvalue weighted by Gasteiger charge is -2.43. The maximum atomic E-state index is 14.2. The van der Waals surface area contributed by atoms with Gasteiger partial charge in [0.05, 0.1) is 170 Å². The van der Waals surface area contributed by atoms with Gasteiger partial charge in [-0.05, 0) is 81.0 Å². The monoisotopic (exact) mass is 1600 g/mol. The molecule has 112 heavy (non-hydrogen) atoms. The van der Waals surface area contributed by atoms with Crippen LogP contribution in [0.5, 0.6) is 0 Å². The zero-order chi connectivity index (χ0) is 81.9. The van der Waals surface area contributed by atoms with Crippen LogP contribution in [0.3, 0.4) is 0 Å². The van der Waals surface area contributed by atoms with Crippen LogP contribution in [-0.4, -0.2) is 260 Å². The molecule has 6 unspecified atom stereocenters. The van der Waals surface area contributed by atoms with Gasteiger partial charge in [-0.2, -0.15) is 0 Å². The number of unbranched alkanes of at least 4 members (excludes halogenated alkanes) is 7. The lowest BCUT2D eigenvalue weighted by molar-refractivity contribution is -0.251. The number of carbonyl (C=O) groups is 7. The highest BCUT2D eigenvalue weighted by Gasteiger charge is 2.42. The van der Waals surface area contributed by atoms with E-state index in [1.807, 2.05) is 11.8 Å². The molecule has 17 atom stereocenters. The first-order valence-electron chi connectivity index (χ1n) is 43.3. The molecule has 0 aromatic heterocycles. The van der Waals surface area contributed by atoms with E-state index in [2.05, 4.69) is 99.0 Å². The fourth-order valence-corrected chi connectivity index (χ4v) is 15.2. The molecule has 3 N–H and O–H groups in total. The third-order valence-corrected chi connectivity index (χ3v) is 23.5. The molecule has 4 heterocycles. The number of esters is 1. The van der Waals surface area contributed by atoms with Crippen molar-refractivity contribution < 1.29 is 109 Å². The zero-order valence-electron chi connectivity index (χ0n) is 71.7. The van der Waals surface area contributed by atoms with Crippen molar-refractivity contribution in [2.24, 2.45) is 58.7 Å². The summed E-state index contributed by atoms with van der Waals surface area (Å²) in [6.07, 6.45) is 11.9. The van der Waals surface area contributed by atoms with E-state index < -0.39 is 11.4 Å². The number of hydrogen-bond donors (Lipinski definition) is 3. The molecule has 4 aliphatic rings. The largest absolute Gasteiger partial charge is 0.460 e. The number of Topliss-reactive ketones (excluding diaryl/α,β-unsaturated/α-hetero) is 2. The Labute approximate surface area is 673 Å². The van der Waals surface area contributed by atoms with Crippen LogP contribution in [0.1, 0.15) is 232 Å². The van der Waals surface area contributed by atoms with Crippen LogP contribution in [0, 0.1) is 58.7 Å². The summed E-state index contributed by atoms with van der Waals surface area (Å²) in [6.45, 7) is 36.8. The Morgan fingerprint density at radius 2 is 0.705 bits per heavy atom. The van der Waals surface area contributed by atoms with Crippen molar-refractivity contribution in [3.8, 4) is 0 Å². The van der Waals surface area contributed by atoms with Crippen molar-refractivity contribution in [1.82, 2.24) is 20.9 Å². The van der Waals surface area contributed by atoms with E-state index in [0.29, 0.717) is 147 Å². The highest BCUT2D eigenvalue weighted by atomic mass is 16.7. The minimum Gasteiger partial charge on any atom is -0.460 e. The van der Waals surface area contributed by atoms with Crippen molar-refractivity contribution in [3.05, 3.63) is 0 Å². The number of rotatable bonds is 66. The van der Waals surface area contributed by atoms with Gasteiger partial charge in [0, 0.05) is 100 Å². The van der Waals surface area contributed by atoms with Crippen molar-refractivity contribution in [2.75, 3.05) is 165 Å². The number of likely N-dealkylation sites (tertiary alicyclic amines) is 1. The summed E-state index contributed by atoms with van der Waals surface area (Å²) in [5.74, 6) is 2.64. The number of ether oxygens (including phenoxy) is 16. The zero-order valence-corrected chi connectivity index (χ0v) is 71.7. The van der Waals surface area contributed by atoms with E-state index in [-0.39, 0.29) is 220 Å². The predicted octanol–water partition coefficient (Wildman–Crippen LogP) is 11.0. The van der Waals surface area contributed by atoms with Crippen LogP contribution in [0.2, 0.25) is 0 Å². The first-order valence-corrected chi connectivity index (χ1v) is 43.3. The maximum absolute atomic E-state index is 14.2. The molecule has 4 saturated heterocycles. The average molecular weight is 1600 g/mol. The number of carbonyl (C=O) groups excluding carboxylic acids is 7. The van der Waals surface area contributed by atoms with Crippen LogP contribution in [-0.2, 0) is 109 Å². The summed E-state index contributed by atoms with van der Waals surface area (Å²) in [5.41, 5.74) is -1.04. The Morgan fingerprint density at radius 3 is 1.05 bits per heavy atom. The minimum atomic E-state index is -1.04. The van der Waals surface area contributed by atoms with Gasteiger partial charge in [0.1, 0.15) is 17.7 Å². The van der Waals surface area contributed by atoms with Gasteiger partial charge < -0.3 is 101 Å². The van der Waals surface area contributed by atoms with E-state index in [0.717, 1.165) is 70.6 Å². The van der Waals surface area contributed by atoms with E-state index in [1.165, 1.54) is 6.92 Å². The Bertz CT molecular complexity index is 2350. The highest BCUT2D eigenvalue weighted by molar-refractivity contribution is 5.81. The molecule has 0 aromatic carbocycles. The summed E-state index contributed by atoms with van der Waals surface area (Å²) in [6, 6.07) is 0.0280. The molecule has 0 saturated carbocycles. The van der Waals surface area contributed by atoms with E-state index in [1.54, 1.807) is 0 Å². The quantitative estimate of drug-likeness (QED) is 0.0376. The molecule has 0 aromatic rings.